The summed E-state index contributed by atoms with van der Waals surface area (Å²) in [5.74, 6) is 0.498. The van der Waals surface area contributed by atoms with Gasteiger partial charge in [0.25, 0.3) is 5.69 Å². The number of anilines is 1. The number of ether oxygens (including phenoxy) is 1. The molecule has 1 aliphatic rings. The van der Waals surface area contributed by atoms with Crippen molar-refractivity contribution in [2.45, 2.75) is 18.9 Å². The molecule has 2 rings (SSSR count). The minimum atomic E-state index is -0.407. The van der Waals surface area contributed by atoms with Crippen LogP contribution in [0.1, 0.15) is 12.8 Å². The third-order valence-electron chi connectivity index (χ3n) is 3.15. The van der Waals surface area contributed by atoms with Gasteiger partial charge in [-0.05, 0) is 12.8 Å². The van der Waals surface area contributed by atoms with Crippen LogP contribution in [0.25, 0.3) is 0 Å². The fraction of sp³-hybridized carbons (Fsp3) is 0.500. The van der Waals surface area contributed by atoms with Crippen molar-refractivity contribution >= 4 is 11.4 Å². The summed E-state index contributed by atoms with van der Waals surface area (Å²) >= 11 is 0. The molecule has 0 aromatic heterocycles. The SMILES string of the molecule is COc1cc(N2CCCC(N)C2)cc([N+](=O)[O-])c1. The van der Waals surface area contributed by atoms with Gasteiger partial charge in [0.2, 0.25) is 0 Å². The molecule has 1 heterocycles. The van der Waals surface area contributed by atoms with Crippen LogP contribution in [0.15, 0.2) is 18.2 Å². The van der Waals surface area contributed by atoms with Gasteiger partial charge in [-0.2, -0.15) is 0 Å². The van der Waals surface area contributed by atoms with Crippen molar-refractivity contribution in [3.05, 3.63) is 28.3 Å². The zero-order valence-electron chi connectivity index (χ0n) is 10.3. The van der Waals surface area contributed by atoms with Crippen molar-refractivity contribution < 1.29 is 9.66 Å². The summed E-state index contributed by atoms with van der Waals surface area (Å²) in [6, 6.07) is 4.93. The van der Waals surface area contributed by atoms with E-state index in [4.69, 9.17) is 10.5 Å². The molecule has 6 heteroatoms. The Kier molecular flexibility index (Phi) is 3.66. The van der Waals surface area contributed by atoms with E-state index in [1.54, 1.807) is 6.07 Å². The normalized spacial score (nSPS) is 19.7. The molecule has 2 N–H and O–H groups in total. The number of non-ortho nitro benzene ring substituents is 1. The Morgan fingerprint density at radius 1 is 1.50 bits per heavy atom. The quantitative estimate of drug-likeness (QED) is 0.650. The van der Waals surface area contributed by atoms with Crippen LogP contribution in [0.3, 0.4) is 0 Å². The van der Waals surface area contributed by atoms with E-state index in [0.717, 1.165) is 31.6 Å². The second-order valence-electron chi connectivity index (χ2n) is 4.49. The highest BCUT2D eigenvalue weighted by Gasteiger charge is 2.20. The van der Waals surface area contributed by atoms with Crippen LogP contribution in [-0.2, 0) is 0 Å². The molecule has 0 aliphatic carbocycles. The molecule has 98 valence electrons. The third kappa shape index (κ3) is 2.70. The number of nitrogens with zero attached hydrogens (tertiary/aromatic N) is 2. The lowest BCUT2D eigenvalue weighted by atomic mass is 10.1. The van der Waals surface area contributed by atoms with Gasteiger partial charge in [-0.25, -0.2) is 0 Å². The average Bonchev–Trinajstić information content (AvgIpc) is 2.38. The summed E-state index contributed by atoms with van der Waals surface area (Å²) in [4.78, 5) is 12.5. The van der Waals surface area contributed by atoms with E-state index in [-0.39, 0.29) is 11.7 Å². The monoisotopic (exact) mass is 251 g/mol. The van der Waals surface area contributed by atoms with Gasteiger partial charge in [0.15, 0.2) is 0 Å². The molecule has 18 heavy (non-hydrogen) atoms. The molecule has 1 aromatic carbocycles. The summed E-state index contributed by atoms with van der Waals surface area (Å²) in [5.41, 5.74) is 6.77. The number of methoxy groups -OCH3 is 1. The van der Waals surface area contributed by atoms with Crippen molar-refractivity contribution in [3.63, 3.8) is 0 Å². The number of piperidine rings is 1. The molecule has 1 atom stereocenters. The molecule has 1 aliphatic heterocycles. The van der Waals surface area contributed by atoms with Crippen molar-refractivity contribution in [1.29, 1.82) is 0 Å². The minimum Gasteiger partial charge on any atom is -0.496 e. The predicted molar refractivity (Wildman–Crippen MR) is 69.1 cm³/mol. The zero-order valence-corrected chi connectivity index (χ0v) is 10.3. The van der Waals surface area contributed by atoms with Gasteiger partial charge in [0, 0.05) is 37.0 Å². The number of nitrogens with two attached hydrogens (primary N) is 1. The Labute approximate surface area is 105 Å². The van der Waals surface area contributed by atoms with Gasteiger partial charge in [-0.1, -0.05) is 0 Å². The number of hydrogen-bond donors (Lipinski definition) is 1. The molecule has 6 nitrogen and oxygen atoms in total. The van der Waals surface area contributed by atoms with Crippen molar-refractivity contribution in [2.75, 3.05) is 25.1 Å². The fourth-order valence-corrected chi connectivity index (χ4v) is 2.22. The largest absolute Gasteiger partial charge is 0.496 e. The molecular formula is C12H17N3O3. The maximum absolute atomic E-state index is 10.9. The summed E-state index contributed by atoms with van der Waals surface area (Å²) < 4.78 is 5.10. The van der Waals surface area contributed by atoms with E-state index < -0.39 is 4.92 Å². The van der Waals surface area contributed by atoms with E-state index in [0.29, 0.717) is 5.75 Å². The van der Waals surface area contributed by atoms with E-state index in [9.17, 15) is 10.1 Å². The summed E-state index contributed by atoms with van der Waals surface area (Å²) in [6.07, 6.45) is 2.01. The van der Waals surface area contributed by atoms with Gasteiger partial charge >= 0.3 is 0 Å². The summed E-state index contributed by atoms with van der Waals surface area (Å²) in [5, 5.41) is 10.9. The zero-order chi connectivity index (χ0) is 13.1. The second-order valence-corrected chi connectivity index (χ2v) is 4.49. The standard InChI is InChI=1S/C12H17N3O3/c1-18-12-6-10(5-11(7-12)15(16)17)14-4-2-3-9(13)8-14/h5-7,9H,2-4,8,13H2,1H3. The van der Waals surface area contributed by atoms with Crippen molar-refractivity contribution in [2.24, 2.45) is 5.73 Å². The highest BCUT2D eigenvalue weighted by molar-refractivity contribution is 5.58. The van der Waals surface area contributed by atoms with Crippen LogP contribution in [0.5, 0.6) is 5.75 Å². The first-order chi connectivity index (χ1) is 8.60. The fourth-order valence-electron chi connectivity index (χ4n) is 2.22. The molecular weight excluding hydrogens is 234 g/mol. The highest BCUT2D eigenvalue weighted by Crippen LogP contribution is 2.29. The molecule has 0 spiro atoms. The van der Waals surface area contributed by atoms with E-state index in [1.807, 2.05) is 6.07 Å². The number of nitro groups is 1. The smallest absolute Gasteiger partial charge is 0.275 e. The van der Waals surface area contributed by atoms with E-state index in [1.165, 1.54) is 13.2 Å². The summed E-state index contributed by atoms with van der Waals surface area (Å²) in [7, 11) is 1.50. The lowest BCUT2D eigenvalue weighted by Crippen LogP contribution is -2.42. The Morgan fingerprint density at radius 3 is 2.89 bits per heavy atom. The highest BCUT2D eigenvalue weighted by atomic mass is 16.6. The number of benzene rings is 1. The maximum Gasteiger partial charge on any atom is 0.275 e. The van der Waals surface area contributed by atoms with Gasteiger partial charge < -0.3 is 15.4 Å². The van der Waals surface area contributed by atoms with Crippen molar-refractivity contribution in [3.8, 4) is 5.75 Å². The molecule has 1 aromatic rings. The Morgan fingerprint density at radius 2 is 2.28 bits per heavy atom. The number of rotatable bonds is 3. The van der Waals surface area contributed by atoms with Crippen LogP contribution in [-0.4, -0.2) is 31.2 Å². The van der Waals surface area contributed by atoms with E-state index in [2.05, 4.69) is 4.90 Å². The molecule has 0 radical (unpaired) electrons. The molecule has 1 unspecified atom stereocenters. The third-order valence-corrected chi connectivity index (χ3v) is 3.15. The van der Waals surface area contributed by atoms with Gasteiger partial charge in [0.05, 0.1) is 18.1 Å². The average molecular weight is 251 g/mol. The Hall–Kier alpha value is -1.82. The van der Waals surface area contributed by atoms with Gasteiger partial charge in [-0.3, -0.25) is 10.1 Å². The Balaban J connectivity index is 2.31. The number of hydrogen-bond acceptors (Lipinski definition) is 5. The first kappa shape index (κ1) is 12.6. The van der Waals surface area contributed by atoms with Gasteiger partial charge in [0.1, 0.15) is 5.75 Å². The first-order valence-electron chi connectivity index (χ1n) is 5.94. The molecule has 0 bridgehead atoms. The molecule has 1 saturated heterocycles. The lowest BCUT2D eigenvalue weighted by Gasteiger charge is -2.32. The van der Waals surface area contributed by atoms with Gasteiger partial charge in [-0.15, -0.1) is 0 Å². The predicted octanol–water partition coefficient (Wildman–Crippen LogP) is 1.53. The van der Waals surface area contributed by atoms with Crippen LogP contribution >= 0.6 is 0 Å². The van der Waals surface area contributed by atoms with Crippen LogP contribution < -0.4 is 15.4 Å². The minimum absolute atomic E-state index is 0.0449. The maximum atomic E-state index is 10.9. The van der Waals surface area contributed by atoms with Crippen LogP contribution in [0, 0.1) is 10.1 Å². The Bertz CT molecular complexity index is 450. The van der Waals surface area contributed by atoms with Crippen LogP contribution in [0.4, 0.5) is 11.4 Å². The first-order valence-corrected chi connectivity index (χ1v) is 5.94. The van der Waals surface area contributed by atoms with E-state index >= 15 is 0 Å². The van der Waals surface area contributed by atoms with Crippen molar-refractivity contribution in [1.82, 2.24) is 0 Å². The number of nitro benzene ring substituents is 1. The van der Waals surface area contributed by atoms with Crippen LogP contribution in [0.2, 0.25) is 0 Å². The molecule has 0 amide bonds. The summed E-state index contributed by atoms with van der Waals surface area (Å²) in [6.45, 7) is 1.60. The lowest BCUT2D eigenvalue weighted by molar-refractivity contribution is -0.384. The molecule has 1 fully saturated rings. The topological polar surface area (TPSA) is 81.6 Å². The molecule has 0 saturated carbocycles. The second kappa shape index (κ2) is 5.22.